The lowest BCUT2D eigenvalue weighted by Crippen LogP contribution is -2.32. The number of aliphatic imine (C=N–C) groups is 1. The number of anilines is 1. The van der Waals surface area contributed by atoms with Crippen LogP contribution in [-0.2, 0) is 10.4 Å². The van der Waals surface area contributed by atoms with E-state index in [1.54, 1.807) is 18.5 Å². The van der Waals surface area contributed by atoms with Crippen LogP contribution >= 0.6 is 0 Å². The maximum absolute atomic E-state index is 15.4. The van der Waals surface area contributed by atoms with E-state index < -0.39 is 17.3 Å². The molecule has 0 saturated carbocycles. The second-order valence-electron chi connectivity index (χ2n) is 10.8. The fourth-order valence-electron chi connectivity index (χ4n) is 6.05. The summed E-state index contributed by atoms with van der Waals surface area (Å²) in [5.41, 5.74) is 7.04. The van der Waals surface area contributed by atoms with Crippen molar-refractivity contribution in [3.8, 4) is 11.3 Å². The number of nitrogens with two attached hydrogens (primary N) is 1. The lowest BCUT2D eigenvalue weighted by atomic mass is 9.75. The van der Waals surface area contributed by atoms with Gasteiger partial charge in [0.05, 0.1) is 23.0 Å². The van der Waals surface area contributed by atoms with Crippen LogP contribution in [0.2, 0.25) is 0 Å². The van der Waals surface area contributed by atoms with Gasteiger partial charge in [-0.3, -0.25) is 4.99 Å². The molecule has 0 spiro atoms. The van der Waals surface area contributed by atoms with Gasteiger partial charge in [-0.2, -0.15) is 9.61 Å². The molecule has 39 heavy (non-hydrogen) atoms. The van der Waals surface area contributed by atoms with Gasteiger partial charge in [0.2, 0.25) is 5.95 Å². The zero-order valence-corrected chi connectivity index (χ0v) is 21.7. The average molecular weight is 537 g/mol. The molecule has 1 saturated heterocycles. The molecule has 0 radical (unpaired) electrons. The van der Waals surface area contributed by atoms with Crippen LogP contribution in [0.5, 0.6) is 0 Å². The summed E-state index contributed by atoms with van der Waals surface area (Å²) in [5.74, 6) is -0.794. The fourth-order valence-corrected chi connectivity index (χ4v) is 6.05. The second-order valence-corrected chi connectivity index (χ2v) is 10.8. The zero-order chi connectivity index (χ0) is 27.1. The summed E-state index contributed by atoms with van der Waals surface area (Å²) >= 11 is 0. The van der Waals surface area contributed by atoms with Crippen LogP contribution in [-0.4, -0.2) is 40.1 Å². The molecular weight excluding hydrogens is 505 g/mol. The minimum Gasteiger partial charge on any atom is -0.381 e. The standard InChI is InChI=1S/C29H31F3N6O/c1-17-10-18(12-20(33)11-17)22-4-7-34-16-26(22)36-28-35-15-21-2-3-25(37-38(21)28)27-23(30)13-19(14-24(27)31)29(32)5-8-39-9-6-29/h2-3,7,11,13-16,18,20,22H,4-6,8-10,12,33H2,1H3,(H,35,36). The third kappa shape index (κ3) is 4.98. The van der Waals surface area contributed by atoms with Gasteiger partial charge in [-0.1, -0.05) is 11.6 Å². The van der Waals surface area contributed by atoms with Gasteiger partial charge in [0.25, 0.3) is 0 Å². The highest BCUT2D eigenvalue weighted by atomic mass is 19.1. The largest absolute Gasteiger partial charge is 0.381 e. The predicted molar refractivity (Wildman–Crippen MR) is 144 cm³/mol. The van der Waals surface area contributed by atoms with E-state index in [9.17, 15) is 0 Å². The number of imidazole rings is 1. The Balaban J connectivity index is 1.31. The number of hydrogen-bond donors (Lipinski definition) is 2. The number of alkyl halides is 1. The molecule has 2 aromatic heterocycles. The molecule has 0 amide bonds. The van der Waals surface area contributed by atoms with Gasteiger partial charge < -0.3 is 15.8 Å². The van der Waals surface area contributed by atoms with Crippen molar-refractivity contribution in [2.75, 3.05) is 18.5 Å². The summed E-state index contributed by atoms with van der Waals surface area (Å²) in [6.07, 6.45) is 10.2. The molecule has 1 aromatic carbocycles. The van der Waals surface area contributed by atoms with Crippen LogP contribution in [0.3, 0.4) is 0 Å². The highest BCUT2D eigenvalue weighted by molar-refractivity contribution is 5.65. The molecule has 4 heterocycles. The number of fused-ring (bicyclic) bond motifs is 1. The first-order chi connectivity index (χ1) is 18.8. The molecule has 3 aromatic rings. The Morgan fingerprint density at radius 2 is 1.92 bits per heavy atom. The van der Waals surface area contributed by atoms with Crippen molar-refractivity contribution in [3.63, 3.8) is 0 Å². The number of benzene rings is 1. The molecule has 1 fully saturated rings. The molecule has 3 atom stereocenters. The van der Waals surface area contributed by atoms with E-state index in [1.807, 2.05) is 6.21 Å². The number of ether oxygens (including phenoxy) is 1. The Morgan fingerprint density at radius 1 is 1.15 bits per heavy atom. The Bertz CT molecular complexity index is 1470. The Morgan fingerprint density at radius 3 is 2.67 bits per heavy atom. The molecule has 10 heteroatoms. The normalized spacial score (nSPS) is 24.9. The fraction of sp³-hybridized carbons (Fsp3) is 0.414. The Kier molecular flexibility index (Phi) is 6.76. The molecule has 7 nitrogen and oxygen atoms in total. The SMILES string of the molecule is CC1=CC(N)CC(C2CC=NC=C2Nc2ncc3ccc(-c4c(F)cc(C5(F)CCOCC5)cc4F)nn23)C1. The summed E-state index contributed by atoms with van der Waals surface area (Å²) in [5, 5.41) is 7.89. The number of aromatic nitrogens is 3. The van der Waals surface area contributed by atoms with Crippen LogP contribution in [0, 0.1) is 23.5 Å². The van der Waals surface area contributed by atoms with Crippen molar-refractivity contribution in [1.29, 1.82) is 0 Å². The molecular formula is C29H31F3N6O. The summed E-state index contributed by atoms with van der Waals surface area (Å²) in [7, 11) is 0. The van der Waals surface area contributed by atoms with E-state index in [1.165, 1.54) is 16.2 Å². The number of allylic oxidation sites excluding steroid dienone is 2. The number of nitrogens with one attached hydrogen (secondary N) is 1. The van der Waals surface area contributed by atoms with Crippen molar-refractivity contribution < 1.29 is 17.9 Å². The molecule has 2 aliphatic heterocycles. The molecule has 6 rings (SSSR count). The third-order valence-corrected chi connectivity index (χ3v) is 8.05. The molecule has 0 bridgehead atoms. The first-order valence-electron chi connectivity index (χ1n) is 13.3. The summed E-state index contributed by atoms with van der Waals surface area (Å²) < 4.78 is 52.7. The van der Waals surface area contributed by atoms with Crippen molar-refractivity contribution >= 4 is 17.7 Å². The van der Waals surface area contributed by atoms with Crippen LogP contribution < -0.4 is 11.1 Å². The predicted octanol–water partition coefficient (Wildman–Crippen LogP) is 5.68. The summed E-state index contributed by atoms with van der Waals surface area (Å²) in [6.45, 7) is 2.53. The van der Waals surface area contributed by atoms with Gasteiger partial charge in [0.15, 0.2) is 0 Å². The number of hydrogen-bond acceptors (Lipinski definition) is 6. The zero-order valence-electron chi connectivity index (χ0n) is 21.7. The van der Waals surface area contributed by atoms with Crippen molar-refractivity contribution in [1.82, 2.24) is 14.6 Å². The molecule has 1 aliphatic carbocycles. The van der Waals surface area contributed by atoms with Gasteiger partial charge in [-0.25, -0.2) is 18.2 Å². The van der Waals surface area contributed by atoms with E-state index in [-0.39, 0.29) is 54.8 Å². The molecule has 204 valence electrons. The first-order valence-corrected chi connectivity index (χ1v) is 13.3. The Hall–Kier alpha value is -3.50. The maximum atomic E-state index is 15.4. The van der Waals surface area contributed by atoms with Gasteiger partial charge in [0.1, 0.15) is 17.3 Å². The van der Waals surface area contributed by atoms with Gasteiger partial charge in [-0.15, -0.1) is 0 Å². The average Bonchev–Trinajstić information content (AvgIpc) is 3.30. The Labute approximate surface area is 224 Å². The number of halogens is 3. The van der Waals surface area contributed by atoms with Crippen molar-refractivity contribution in [2.24, 2.45) is 22.6 Å². The van der Waals surface area contributed by atoms with Crippen molar-refractivity contribution in [2.45, 2.75) is 50.7 Å². The van der Waals surface area contributed by atoms with E-state index in [2.05, 4.69) is 33.4 Å². The third-order valence-electron chi connectivity index (χ3n) is 8.05. The van der Waals surface area contributed by atoms with E-state index >= 15 is 13.2 Å². The first kappa shape index (κ1) is 25.8. The smallest absolute Gasteiger partial charge is 0.228 e. The lowest BCUT2D eigenvalue weighted by molar-refractivity contribution is -0.0117. The van der Waals surface area contributed by atoms with E-state index in [4.69, 9.17) is 10.5 Å². The molecule has 3 N–H and O–H groups in total. The van der Waals surface area contributed by atoms with Crippen LogP contribution in [0.15, 0.2) is 59.0 Å². The topological polar surface area (TPSA) is 89.8 Å². The van der Waals surface area contributed by atoms with Gasteiger partial charge in [-0.05, 0) is 61.9 Å². The van der Waals surface area contributed by atoms with Crippen molar-refractivity contribution in [3.05, 3.63) is 71.2 Å². The lowest BCUT2D eigenvalue weighted by Gasteiger charge is -2.34. The monoisotopic (exact) mass is 536 g/mol. The number of rotatable bonds is 5. The minimum atomic E-state index is -1.82. The minimum absolute atomic E-state index is 0.0149. The second kappa shape index (κ2) is 10.2. The van der Waals surface area contributed by atoms with Crippen LogP contribution in [0.1, 0.15) is 44.6 Å². The molecule has 3 aliphatic rings. The number of nitrogens with zero attached hydrogens (tertiary/aromatic N) is 4. The van der Waals surface area contributed by atoms with Crippen LogP contribution in [0.25, 0.3) is 16.8 Å². The van der Waals surface area contributed by atoms with Gasteiger partial charge in [0, 0.05) is 56.1 Å². The highest BCUT2D eigenvalue weighted by Crippen LogP contribution is 2.39. The highest BCUT2D eigenvalue weighted by Gasteiger charge is 2.36. The maximum Gasteiger partial charge on any atom is 0.228 e. The molecule has 3 unspecified atom stereocenters. The van der Waals surface area contributed by atoms with Crippen LogP contribution in [0.4, 0.5) is 19.1 Å². The quantitative estimate of drug-likeness (QED) is 0.410. The van der Waals surface area contributed by atoms with Gasteiger partial charge >= 0.3 is 0 Å². The van der Waals surface area contributed by atoms with E-state index in [0.29, 0.717) is 17.4 Å². The van der Waals surface area contributed by atoms with E-state index in [0.717, 1.165) is 37.1 Å². The summed E-state index contributed by atoms with van der Waals surface area (Å²) in [6, 6.07) is 5.40. The summed E-state index contributed by atoms with van der Waals surface area (Å²) in [4.78, 5) is 8.83.